The summed E-state index contributed by atoms with van der Waals surface area (Å²) < 4.78 is 43.3. The molecular formula is C13H15F3N4O2S. The van der Waals surface area contributed by atoms with Crippen LogP contribution in [0.25, 0.3) is 0 Å². The van der Waals surface area contributed by atoms with Crippen molar-refractivity contribution in [2.24, 2.45) is 0 Å². The van der Waals surface area contributed by atoms with Crippen LogP contribution in [0.4, 0.5) is 18.0 Å². The first-order chi connectivity index (χ1) is 10.8. The number of hydrogen-bond donors (Lipinski definition) is 1. The fourth-order valence-corrected chi connectivity index (χ4v) is 2.66. The highest BCUT2D eigenvalue weighted by Gasteiger charge is 2.31. The van der Waals surface area contributed by atoms with Crippen molar-refractivity contribution in [2.75, 3.05) is 7.11 Å². The minimum Gasteiger partial charge on any atom is -0.453 e. The Labute approximate surface area is 134 Å². The molecule has 0 radical (unpaired) electrons. The Hall–Kier alpha value is -2.10. The van der Waals surface area contributed by atoms with E-state index in [9.17, 15) is 18.0 Å². The Morgan fingerprint density at radius 3 is 2.83 bits per heavy atom. The maximum absolute atomic E-state index is 12.7. The second-order valence-electron chi connectivity index (χ2n) is 4.77. The van der Waals surface area contributed by atoms with Gasteiger partial charge >= 0.3 is 12.3 Å². The molecule has 10 heteroatoms. The van der Waals surface area contributed by atoms with E-state index in [1.54, 1.807) is 0 Å². The van der Waals surface area contributed by atoms with Crippen LogP contribution in [-0.2, 0) is 17.7 Å². The van der Waals surface area contributed by atoms with Gasteiger partial charge in [-0.15, -0.1) is 11.3 Å². The average Bonchev–Trinajstić information content (AvgIpc) is 3.07. The van der Waals surface area contributed by atoms with Gasteiger partial charge < -0.3 is 10.1 Å². The zero-order chi connectivity index (χ0) is 17.0. The Morgan fingerprint density at radius 1 is 1.52 bits per heavy atom. The molecule has 1 unspecified atom stereocenters. The largest absolute Gasteiger partial charge is 0.453 e. The smallest absolute Gasteiger partial charge is 0.408 e. The molecule has 6 nitrogen and oxygen atoms in total. The van der Waals surface area contributed by atoms with E-state index in [0.717, 1.165) is 9.56 Å². The molecule has 0 saturated carbocycles. The number of nitrogens with one attached hydrogen (secondary N) is 1. The predicted octanol–water partition coefficient (Wildman–Crippen LogP) is 2.91. The minimum absolute atomic E-state index is 0.0271. The van der Waals surface area contributed by atoms with Crippen molar-refractivity contribution in [2.45, 2.75) is 32.1 Å². The second kappa shape index (κ2) is 6.99. The zero-order valence-corrected chi connectivity index (χ0v) is 13.2. The van der Waals surface area contributed by atoms with Gasteiger partial charge in [0.1, 0.15) is 12.4 Å². The number of methoxy groups -OCH3 is 1. The molecule has 2 aromatic rings. The van der Waals surface area contributed by atoms with Crippen LogP contribution in [0.15, 0.2) is 17.5 Å². The third-order valence-electron chi connectivity index (χ3n) is 2.89. The molecule has 2 rings (SSSR count). The van der Waals surface area contributed by atoms with Crippen molar-refractivity contribution in [3.63, 3.8) is 0 Å². The molecule has 2 aromatic heterocycles. The summed E-state index contributed by atoms with van der Waals surface area (Å²) in [5, 5.41) is 8.19. The molecule has 0 saturated heterocycles. The van der Waals surface area contributed by atoms with Gasteiger partial charge in [0, 0.05) is 11.3 Å². The Bertz CT molecular complexity index is 655. The normalized spacial score (nSPS) is 12.9. The van der Waals surface area contributed by atoms with Crippen molar-refractivity contribution in [3.05, 3.63) is 34.0 Å². The lowest BCUT2D eigenvalue weighted by molar-refractivity contribution is -0.143. The predicted molar refractivity (Wildman–Crippen MR) is 77.2 cm³/mol. The monoisotopic (exact) mass is 348 g/mol. The van der Waals surface area contributed by atoms with Crippen LogP contribution in [0, 0.1) is 0 Å². The average molecular weight is 348 g/mol. The number of rotatable bonds is 5. The molecule has 1 atom stereocenters. The Morgan fingerprint density at radius 2 is 2.26 bits per heavy atom. The molecule has 0 aliphatic carbocycles. The SMILES string of the molecule is COC(=O)NC(C)c1nc(Cc2cccs2)nn1CC(F)(F)F. The standard InChI is InChI=1S/C13H15F3N4O2S/c1-8(17-12(21)22-2)11-18-10(6-9-4-3-5-23-9)19-20(11)7-13(14,15)16/h3-5,8H,6-7H2,1-2H3,(H,17,21). The highest BCUT2D eigenvalue weighted by Crippen LogP contribution is 2.21. The fourth-order valence-electron chi connectivity index (χ4n) is 1.95. The molecule has 0 aromatic carbocycles. The molecule has 23 heavy (non-hydrogen) atoms. The lowest BCUT2D eigenvalue weighted by Crippen LogP contribution is -2.30. The van der Waals surface area contributed by atoms with Gasteiger partial charge in [-0.25, -0.2) is 14.5 Å². The van der Waals surface area contributed by atoms with Gasteiger partial charge in [0.25, 0.3) is 0 Å². The maximum atomic E-state index is 12.7. The molecule has 0 aliphatic heterocycles. The number of hydrogen-bond acceptors (Lipinski definition) is 5. The zero-order valence-electron chi connectivity index (χ0n) is 12.4. The van der Waals surface area contributed by atoms with E-state index >= 15 is 0 Å². The number of nitrogens with zero attached hydrogens (tertiary/aromatic N) is 3. The molecule has 126 valence electrons. The van der Waals surface area contributed by atoms with E-state index in [1.165, 1.54) is 25.4 Å². The van der Waals surface area contributed by atoms with Gasteiger partial charge in [-0.1, -0.05) is 6.07 Å². The number of carbonyl (C=O) groups excluding carboxylic acids is 1. The van der Waals surface area contributed by atoms with Gasteiger partial charge in [-0.05, 0) is 18.4 Å². The summed E-state index contributed by atoms with van der Waals surface area (Å²) in [6, 6.07) is 2.93. The number of amides is 1. The number of alkyl halides is 3. The van der Waals surface area contributed by atoms with Gasteiger partial charge in [0.15, 0.2) is 5.82 Å². The van der Waals surface area contributed by atoms with Crippen LogP contribution in [0.2, 0.25) is 0 Å². The van der Waals surface area contributed by atoms with Crippen LogP contribution < -0.4 is 5.32 Å². The van der Waals surface area contributed by atoms with Gasteiger partial charge in [-0.3, -0.25) is 0 Å². The number of ether oxygens (including phenoxy) is 1. The van der Waals surface area contributed by atoms with E-state index in [0.29, 0.717) is 6.42 Å². The van der Waals surface area contributed by atoms with Gasteiger partial charge in [0.2, 0.25) is 0 Å². The fraction of sp³-hybridized carbons (Fsp3) is 0.462. The Balaban J connectivity index is 2.25. The van der Waals surface area contributed by atoms with Crippen molar-refractivity contribution in [3.8, 4) is 0 Å². The van der Waals surface area contributed by atoms with Gasteiger partial charge in [-0.2, -0.15) is 18.3 Å². The van der Waals surface area contributed by atoms with Crippen LogP contribution in [0.5, 0.6) is 0 Å². The highest BCUT2D eigenvalue weighted by atomic mass is 32.1. The second-order valence-corrected chi connectivity index (χ2v) is 5.81. The van der Waals surface area contributed by atoms with Crippen molar-refractivity contribution in [1.29, 1.82) is 0 Å². The molecular weight excluding hydrogens is 333 g/mol. The summed E-state index contributed by atoms with van der Waals surface area (Å²) in [5.74, 6) is 0.296. The Kier molecular flexibility index (Phi) is 5.24. The number of alkyl carbamates (subject to hydrolysis) is 1. The van der Waals surface area contributed by atoms with Crippen LogP contribution in [-0.4, -0.2) is 34.1 Å². The van der Waals surface area contributed by atoms with E-state index in [1.807, 2.05) is 17.5 Å². The number of halogens is 3. The summed E-state index contributed by atoms with van der Waals surface area (Å²) in [5.41, 5.74) is 0. The quantitative estimate of drug-likeness (QED) is 0.902. The molecule has 0 fully saturated rings. The van der Waals surface area contributed by atoms with Gasteiger partial charge in [0.05, 0.1) is 13.2 Å². The molecule has 1 amide bonds. The highest BCUT2D eigenvalue weighted by molar-refractivity contribution is 7.09. The lowest BCUT2D eigenvalue weighted by Gasteiger charge is -2.14. The van der Waals surface area contributed by atoms with Crippen molar-refractivity contribution in [1.82, 2.24) is 20.1 Å². The third kappa shape index (κ3) is 4.95. The van der Waals surface area contributed by atoms with E-state index in [4.69, 9.17) is 0 Å². The topological polar surface area (TPSA) is 69.0 Å². The van der Waals surface area contributed by atoms with Crippen LogP contribution >= 0.6 is 11.3 Å². The molecule has 0 aliphatic rings. The summed E-state index contributed by atoms with van der Waals surface area (Å²) in [7, 11) is 1.17. The molecule has 0 spiro atoms. The van der Waals surface area contributed by atoms with Crippen LogP contribution in [0.3, 0.4) is 0 Å². The van der Waals surface area contributed by atoms with E-state index in [2.05, 4.69) is 20.1 Å². The first-order valence-electron chi connectivity index (χ1n) is 6.65. The van der Waals surface area contributed by atoms with Crippen molar-refractivity contribution >= 4 is 17.4 Å². The van der Waals surface area contributed by atoms with Crippen molar-refractivity contribution < 1.29 is 22.7 Å². The third-order valence-corrected chi connectivity index (χ3v) is 3.77. The number of thiophene rings is 1. The summed E-state index contributed by atoms with van der Waals surface area (Å²) >= 11 is 1.47. The lowest BCUT2D eigenvalue weighted by atomic mass is 10.3. The summed E-state index contributed by atoms with van der Waals surface area (Å²) in [6.07, 6.45) is -4.85. The summed E-state index contributed by atoms with van der Waals surface area (Å²) in [4.78, 5) is 16.3. The number of carbonyl (C=O) groups is 1. The molecule has 0 bridgehead atoms. The van der Waals surface area contributed by atoms with Crippen LogP contribution in [0.1, 0.15) is 29.5 Å². The molecule has 1 N–H and O–H groups in total. The first-order valence-corrected chi connectivity index (χ1v) is 7.53. The number of aromatic nitrogens is 3. The van der Waals surface area contributed by atoms with E-state index in [-0.39, 0.29) is 11.6 Å². The molecule has 2 heterocycles. The van der Waals surface area contributed by atoms with E-state index < -0.39 is 24.9 Å². The maximum Gasteiger partial charge on any atom is 0.408 e. The summed E-state index contributed by atoms with van der Waals surface area (Å²) in [6.45, 7) is 0.246. The first kappa shape index (κ1) is 17.3. The minimum atomic E-state index is -4.44.